The van der Waals surface area contributed by atoms with Gasteiger partial charge in [0, 0.05) is 19.1 Å². The molecule has 2 aliphatic rings. The number of rotatable bonds is 6. The van der Waals surface area contributed by atoms with Crippen molar-refractivity contribution in [3.63, 3.8) is 0 Å². The van der Waals surface area contributed by atoms with Crippen LogP contribution in [0, 0.1) is 0 Å². The first-order valence-corrected chi connectivity index (χ1v) is 9.27. The van der Waals surface area contributed by atoms with Crippen LogP contribution in [-0.2, 0) is 4.79 Å². The number of carboxylic acids is 1. The fourth-order valence-electron chi connectivity index (χ4n) is 3.78. The summed E-state index contributed by atoms with van der Waals surface area (Å²) in [5, 5.41) is 8.93. The topological polar surface area (TPSA) is 78.8 Å². The van der Waals surface area contributed by atoms with Crippen molar-refractivity contribution in [3.05, 3.63) is 12.4 Å². The lowest BCUT2D eigenvalue weighted by molar-refractivity contribution is -0.138. The van der Waals surface area contributed by atoms with Crippen molar-refractivity contribution < 1.29 is 14.6 Å². The van der Waals surface area contributed by atoms with Gasteiger partial charge in [0.15, 0.2) is 5.82 Å². The average Bonchev–Trinajstić information content (AvgIpc) is 2.62. The lowest BCUT2D eigenvalue weighted by atomic mass is 9.98. The molecule has 1 aliphatic heterocycles. The summed E-state index contributed by atoms with van der Waals surface area (Å²) in [7, 11) is 1.88. The summed E-state index contributed by atoms with van der Waals surface area (Å²) >= 11 is 0. The zero-order valence-corrected chi connectivity index (χ0v) is 14.9. The van der Waals surface area contributed by atoms with E-state index in [2.05, 4.69) is 14.9 Å². The molecule has 3 rings (SSSR count). The molecule has 1 aromatic rings. The first kappa shape index (κ1) is 17.9. The van der Waals surface area contributed by atoms with Gasteiger partial charge in [0.2, 0.25) is 5.88 Å². The Labute approximate surface area is 149 Å². The summed E-state index contributed by atoms with van der Waals surface area (Å²) in [6.45, 7) is 1.81. The maximum atomic E-state index is 10.9. The minimum absolute atomic E-state index is 0.0924. The summed E-state index contributed by atoms with van der Waals surface area (Å²) in [4.78, 5) is 23.9. The molecule has 1 aliphatic carbocycles. The Morgan fingerprint density at radius 2 is 1.96 bits per heavy atom. The smallest absolute Gasteiger partial charge is 0.317 e. The van der Waals surface area contributed by atoms with Gasteiger partial charge in [-0.3, -0.25) is 14.7 Å². The number of anilines is 1. The molecule has 0 aromatic carbocycles. The third-order valence-corrected chi connectivity index (χ3v) is 5.24. The minimum Gasteiger partial charge on any atom is -0.480 e. The van der Waals surface area contributed by atoms with Gasteiger partial charge in [0.05, 0.1) is 18.9 Å². The highest BCUT2D eigenvalue weighted by Crippen LogP contribution is 2.25. The molecule has 25 heavy (non-hydrogen) atoms. The van der Waals surface area contributed by atoms with E-state index >= 15 is 0 Å². The van der Waals surface area contributed by atoms with Crippen LogP contribution in [-0.4, -0.2) is 64.8 Å². The normalized spacial score (nSPS) is 20.0. The average molecular weight is 348 g/mol. The van der Waals surface area contributed by atoms with Crippen LogP contribution < -0.4 is 9.64 Å². The SMILES string of the molecule is CN(CC(=O)O)C1CCN(c2cncc(OC3CCCCC3)n2)CC1. The third kappa shape index (κ3) is 5.04. The van der Waals surface area contributed by atoms with Crippen molar-refractivity contribution >= 4 is 11.8 Å². The van der Waals surface area contributed by atoms with Crippen LogP contribution in [0.3, 0.4) is 0 Å². The van der Waals surface area contributed by atoms with Gasteiger partial charge in [-0.05, 0) is 45.6 Å². The summed E-state index contributed by atoms with van der Waals surface area (Å²) in [5.74, 6) is 0.700. The molecule has 1 saturated heterocycles. The molecule has 0 atom stereocenters. The second-order valence-electron chi connectivity index (χ2n) is 7.12. The summed E-state index contributed by atoms with van der Waals surface area (Å²) in [6, 6.07) is 0.307. The van der Waals surface area contributed by atoms with E-state index in [1.54, 1.807) is 12.4 Å². The summed E-state index contributed by atoms with van der Waals surface area (Å²) < 4.78 is 6.02. The van der Waals surface area contributed by atoms with Gasteiger partial charge >= 0.3 is 5.97 Å². The van der Waals surface area contributed by atoms with Crippen molar-refractivity contribution in [3.8, 4) is 5.88 Å². The van der Waals surface area contributed by atoms with Crippen LogP contribution in [0.5, 0.6) is 5.88 Å². The molecule has 0 radical (unpaired) electrons. The Balaban J connectivity index is 1.54. The molecule has 2 heterocycles. The molecule has 0 unspecified atom stereocenters. The number of carbonyl (C=O) groups is 1. The molecular weight excluding hydrogens is 320 g/mol. The van der Waals surface area contributed by atoms with Crippen LogP contribution in [0.1, 0.15) is 44.9 Å². The van der Waals surface area contributed by atoms with Crippen molar-refractivity contribution in [1.82, 2.24) is 14.9 Å². The van der Waals surface area contributed by atoms with Gasteiger partial charge in [-0.15, -0.1) is 0 Å². The molecule has 0 bridgehead atoms. The van der Waals surface area contributed by atoms with Crippen LogP contribution in [0.2, 0.25) is 0 Å². The van der Waals surface area contributed by atoms with Gasteiger partial charge < -0.3 is 14.7 Å². The third-order valence-electron chi connectivity index (χ3n) is 5.24. The molecule has 1 aromatic heterocycles. The van der Waals surface area contributed by atoms with E-state index < -0.39 is 5.97 Å². The van der Waals surface area contributed by atoms with E-state index in [0.717, 1.165) is 44.6 Å². The first-order chi connectivity index (χ1) is 12.1. The second-order valence-corrected chi connectivity index (χ2v) is 7.12. The number of nitrogens with zero attached hydrogens (tertiary/aromatic N) is 4. The fourth-order valence-corrected chi connectivity index (χ4v) is 3.78. The Kier molecular flexibility index (Phi) is 6.07. The summed E-state index contributed by atoms with van der Waals surface area (Å²) in [5.41, 5.74) is 0. The number of carboxylic acid groups (broad SMARTS) is 1. The lowest BCUT2D eigenvalue weighted by Gasteiger charge is -2.36. The molecule has 7 heteroatoms. The van der Waals surface area contributed by atoms with Gasteiger partial charge in [-0.1, -0.05) is 6.42 Å². The molecule has 1 saturated carbocycles. The Bertz CT molecular complexity index is 569. The minimum atomic E-state index is -0.775. The molecule has 1 N–H and O–H groups in total. The van der Waals surface area contributed by atoms with E-state index in [0.29, 0.717) is 11.9 Å². The molecule has 138 valence electrons. The van der Waals surface area contributed by atoms with Crippen LogP contribution in [0.4, 0.5) is 5.82 Å². The number of aliphatic carboxylic acids is 1. The number of aromatic nitrogens is 2. The van der Waals surface area contributed by atoms with E-state index in [1.807, 2.05) is 11.9 Å². The van der Waals surface area contributed by atoms with E-state index in [1.165, 1.54) is 19.3 Å². The predicted octanol–water partition coefficient (Wildman–Crippen LogP) is 2.17. The predicted molar refractivity (Wildman–Crippen MR) is 95.0 cm³/mol. The Morgan fingerprint density at radius 1 is 1.24 bits per heavy atom. The van der Waals surface area contributed by atoms with Gasteiger partial charge in [0.1, 0.15) is 6.10 Å². The largest absolute Gasteiger partial charge is 0.480 e. The van der Waals surface area contributed by atoms with Gasteiger partial charge in [-0.2, -0.15) is 4.98 Å². The Morgan fingerprint density at radius 3 is 2.64 bits per heavy atom. The van der Waals surface area contributed by atoms with Crippen molar-refractivity contribution in [1.29, 1.82) is 0 Å². The van der Waals surface area contributed by atoms with Crippen molar-refractivity contribution in [2.24, 2.45) is 0 Å². The Hall–Kier alpha value is -1.89. The van der Waals surface area contributed by atoms with Crippen LogP contribution in [0.15, 0.2) is 12.4 Å². The number of likely N-dealkylation sites (N-methyl/N-ethyl adjacent to an activating group) is 1. The maximum absolute atomic E-state index is 10.9. The van der Waals surface area contributed by atoms with Crippen LogP contribution in [0.25, 0.3) is 0 Å². The zero-order chi connectivity index (χ0) is 17.6. The first-order valence-electron chi connectivity index (χ1n) is 9.27. The number of hydrogen-bond donors (Lipinski definition) is 1. The fraction of sp³-hybridized carbons (Fsp3) is 0.722. The summed E-state index contributed by atoms with van der Waals surface area (Å²) in [6.07, 6.45) is 11.6. The standard InChI is InChI=1S/C18H28N4O3/c1-21(13-18(23)24)14-7-9-22(10-8-14)16-11-19-12-17(20-16)25-15-5-3-2-4-6-15/h11-12,14-15H,2-10,13H2,1H3,(H,23,24). The quantitative estimate of drug-likeness (QED) is 0.844. The van der Waals surface area contributed by atoms with E-state index in [4.69, 9.17) is 9.84 Å². The molecular formula is C18H28N4O3. The highest BCUT2D eigenvalue weighted by atomic mass is 16.5. The second kappa shape index (κ2) is 8.47. The molecule has 2 fully saturated rings. The molecule has 7 nitrogen and oxygen atoms in total. The van der Waals surface area contributed by atoms with Gasteiger partial charge in [0.25, 0.3) is 0 Å². The van der Waals surface area contributed by atoms with Crippen molar-refractivity contribution in [2.45, 2.75) is 57.1 Å². The van der Waals surface area contributed by atoms with Crippen molar-refractivity contribution in [2.75, 3.05) is 31.6 Å². The zero-order valence-electron chi connectivity index (χ0n) is 14.9. The molecule has 0 amide bonds. The number of piperidine rings is 1. The maximum Gasteiger partial charge on any atom is 0.317 e. The number of ether oxygens (including phenoxy) is 1. The number of hydrogen-bond acceptors (Lipinski definition) is 6. The van der Waals surface area contributed by atoms with E-state index in [9.17, 15) is 4.79 Å². The monoisotopic (exact) mass is 348 g/mol. The van der Waals surface area contributed by atoms with Crippen LogP contribution >= 0.6 is 0 Å². The van der Waals surface area contributed by atoms with E-state index in [-0.39, 0.29) is 12.6 Å². The van der Waals surface area contributed by atoms with Gasteiger partial charge in [-0.25, -0.2) is 0 Å². The highest BCUT2D eigenvalue weighted by molar-refractivity contribution is 5.69. The highest BCUT2D eigenvalue weighted by Gasteiger charge is 2.25. The lowest BCUT2D eigenvalue weighted by Crippen LogP contribution is -2.45. The molecule has 0 spiro atoms.